The van der Waals surface area contributed by atoms with Crippen LogP contribution in [0.1, 0.15) is 16.5 Å². The second kappa shape index (κ2) is 6.88. The molecular weight excluding hydrogens is 276 g/mol. The van der Waals surface area contributed by atoms with Crippen LogP contribution in [0.15, 0.2) is 53.4 Å². The number of halogens is 1. The first kappa shape index (κ1) is 14.3. The number of benzene rings is 2. The minimum absolute atomic E-state index is 0.0113. The number of thioether (sulfide) groups is 1. The Kier molecular flexibility index (Phi) is 5.17. The van der Waals surface area contributed by atoms with Crippen LogP contribution in [0.2, 0.25) is 0 Å². The molecule has 1 atom stereocenters. The van der Waals surface area contributed by atoms with Crippen LogP contribution in [-0.4, -0.2) is 12.9 Å². The lowest BCUT2D eigenvalue weighted by Gasteiger charge is -2.10. The summed E-state index contributed by atoms with van der Waals surface area (Å²) in [5.74, 6) is 1.72. The molecule has 0 amide bonds. The number of hydrogen-bond acceptors (Lipinski definition) is 2. The van der Waals surface area contributed by atoms with E-state index in [1.54, 1.807) is 18.9 Å². The molecule has 0 bridgehead atoms. The van der Waals surface area contributed by atoms with Crippen LogP contribution in [0.3, 0.4) is 0 Å². The van der Waals surface area contributed by atoms with Gasteiger partial charge in [0.2, 0.25) is 0 Å². The second-order valence-electron chi connectivity index (χ2n) is 4.36. The fourth-order valence-corrected chi connectivity index (χ4v) is 2.91. The van der Waals surface area contributed by atoms with Gasteiger partial charge in [-0.1, -0.05) is 29.8 Å². The number of hydrogen-bond donors (Lipinski definition) is 0. The number of rotatable bonds is 5. The van der Waals surface area contributed by atoms with Crippen molar-refractivity contribution in [3.63, 3.8) is 0 Å². The molecule has 0 saturated heterocycles. The zero-order valence-electron chi connectivity index (χ0n) is 11.1. The highest BCUT2D eigenvalue weighted by Crippen LogP contribution is 2.30. The fraction of sp³-hybridized carbons (Fsp3) is 0.250. The molecule has 1 unspecified atom stereocenters. The van der Waals surface area contributed by atoms with E-state index in [9.17, 15) is 0 Å². The summed E-state index contributed by atoms with van der Waals surface area (Å²) in [5.41, 5.74) is 2.41. The summed E-state index contributed by atoms with van der Waals surface area (Å²) in [5, 5.41) is 0.0113. The number of ether oxygens (including phenoxy) is 1. The van der Waals surface area contributed by atoms with Crippen molar-refractivity contribution in [2.45, 2.75) is 17.2 Å². The Balaban J connectivity index is 1.93. The fourth-order valence-electron chi connectivity index (χ4n) is 1.71. The van der Waals surface area contributed by atoms with Crippen LogP contribution in [0, 0.1) is 6.92 Å². The standard InChI is InChI=1S/C16H17ClOS/c1-12-3-9-15(10-4-12)19-11-16(17)13-5-7-14(18-2)8-6-13/h3-10,16H,11H2,1-2H3. The van der Waals surface area contributed by atoms with Crippen LogP contribution >= 0.6 is 23.4 Å². The van der Waals surface area contributed by atoms with Gasteiger partial charge in [-0.15, -0.1) is 23.4 Å². The summed E-state index contributed by atoms with van der Waals surface area (Å²) in [6.07, 6.45) is 0. The molecule has 0 aliphatic heterocycles. The van der Waals surface area contributed by atoms with Gasteiger partial charge >= 0.3 is 0 Å². The van der Waals surface area contributed by atoms with Crippen LogP contribution in [0.25, 0.3) is 0 Å². The highest BCUT2D eigenvalue weighted by molar-refractivity contribution is 7.99. The van der Waals surface area contributed by atoms with Gasteiger partial charge in [0.15, 0.2) is 0 Å². The Morgan fingerprint density at radius 3 is 2.26 bits per heavy atom. The van der Waals surface area contributed by atoms with Crippen molar-refractivity contribution in [3.8, 4) is 5.75 Å². The summed E-state index contributed by atoms with van der Waals surface area (Å²) in [7, 11) is 1.67. The summed E-state index contributed by atoms with van der Waals surface area (Å²) in [6.45, 7) is 2.09. The van der Waals surface area contributed by atoms with Crippen molar-refractivity contribution in [1.82, 2.24) is 0 Å². The number of alkyl halides is 1. The predicted molar refractivity (Wildman–Crippen MR) is 83.5 cm³/mol. The van der Waals surface area contributed by atoms with E-state index >= 15 is 0 Å². The third kappa shape index (κ3) is 4.19. The van der Waals surface area contributed by atoms with E-state index in [4.69, 9.17) is 16.3 Å². The normalized spacial score (nSPS) is 12.2. The van der Waals surface area contributed by atoms with Crippen molar-refractivity contribution in [2.75, 3.05) is 12.9 Å². The Hall–Kier alpha value is -1.12. The van der Waals surface area contributed by atoms with E-state index < -0.39 is 0 Å². The summed E-state index contributed by atoms with van der Waals surface area (Å²) in [4.78, 5) is 1.25. The zero-order valence-corrected chi connectivity index (χ0v) is 12.7. The van der Waals surface area contributed by atoms with Gasteiger partial charge < -0.3 is 4.74 Å². The van der Waals surface area contributed by atoms with E-state index in [2.05, 4.69) is 31.2 Å². The molecule has 0 aliphatic carbocycles. The SMILES string of the molecule is COc1ccc(C(Cl)CSc2ccc(C)cc2)cc1. The minimum Gasteiger partial charge on any atom is -0.497 e. The maximum absolute atomic E-state index is 6.42. The molecule has 100 valence electrons. The van der Waals surface area contributed by atoms with Crippen LogP contribution in [0.4, 0.5) is 0 Å². The van der Waals surface area contributed by atoms with Crippen molar-refractivity contribution in [1.29, 1.82) is 0 Å². The molecule has 2 rings (SSSR count). The van der Waals surface area contributed by atoms with Gasteiger partial charge in [0.25, 0.3) is 0 Å². The molecule has 0 heterocycles. The second-order valence-corrected chi connectivity index (χ2v) is 5.98. The third-order valence-corrected chi connectivity index (χ3v) is 4.59. The Morgan fingerprint density at radius 1 is 1.05 bits per heavy atom. The molecule has 19 heavy (non-hydrogen) atoms. The lowest BCUT2D eigenvalue weighted by Crippen LogP contribution is -1.94. The highest BCUT2D eigenvalue weighted by atomic mass is 35.5. The first-order valence-corrected chi connectivity index (χ1v) is 7.59. The predicted octanol–water partition coefficient (Wildman–Crippen LogP) is 5.08. The van der Waals surface area contributed by atoms with E-state index in [1.807, 2.05) is 24.3 Å². The molecule has 0 fully saturated rings. The summed E-state index contributed by atoms with van der Waals surface area (Å²) >= 11 is 8.20. The minimum atomic E-state index is 0.0113. The largest absolute Gasteiger partial charge is 0.497 e. The molecule has 1 nitrogen and oxygen atoms in total. The molecule has 0 N–H and O–H groups in total. The van der Waals surface area contributed by atoms with Crippen molar-refractivity contribution < 1.29 is 4.74 Å². The van der Waals surface area contributed by atoms with Gasteiger partial charge in [0, 0.05) is 10.6 Å². The monoisotopic (exact) mass is 292 g/mol. The maximum Gasteiger partial charge on any atom is 0.118 e. The van der Waals surface area contributed by atoms with Gasteiger partial charge in [-0.3, -0.25) is 0 Å². The molecule has 0 spiro atoms. The van der Waals surface area contributed by atoms with Crippen LogP contribution in [0.5, 0.6) is 5.75 Å². The first-order valence-electron chi connectivity index (χ1n) is 6.16. The van der Waals surface area contributed by atoms with Crippen molar-refractivity contribution >= 4 is 23.4 Å². The zero-order chi connectivity index (χ0) is 13.7. The van der Waals surface area contributed by atoms with E-state index in [0.29, 0.717) is 0 Å². The average molecular weight is 293 g/mol. The van der Waals surface area contributed by atoms with E-state index in [-0.39, 0.29) is 5.38 Å². The average Bonchev–Trinajstić information content (AvgIpc) is 2.46. The summed E-state index contributed by atoms with van der Waals surface area (Å²) in [6, 6.07) is 16.5. The van der Waals surface area contributed by atoms with E-state index in [0.717, 1.165) is 17.1 Å². The quantitative estimate of drug-likeness (QED) is 0.562. The molecule has 0 radical (unpaired) electrons. The highest BCUT2D eigenvalue weighted by Gasteiger charge is 2.08. The van der Waals surface area contributed by atoms with Crippen molar-refractivity contribution in [2.24, 2.45) is 0 Å². The molecule has 3 heteroatoms. The Morgan fingerprint density at radius 2 is 1.68 bits per heavy atom. The molecule has 2 aromatic rings. The van der Waals surface area contributed by atoms with Gasteiger partial charge in [-0.25, -0.2) is 0 Å². The number of aryl methyl sites for hydroxylation is 1. The maximum atomic E-state index is 6.42. The lowest BCUT2D eigenvalue weighted by atomic mass is 10.1. The van der Waals surface area contributed by atoms with Crippen molar-refractivity contribution in [3.05, 3.63) is 59.7 Å². The number of methoxy groups -OCH3 is 1. The van der Waals surface area contributed by atoms with Gasteiger partial charge in [-0.2, -0.15) is 0 Å². The third-order valence-electron chi connectivity index (χ3n) is 2.89. The molecule has 0 aromatic heterocycles. The topological polar surface area (TPSA) is 9.23 Å². The molecule has 0 aliphatic rings. The van der Waals surface area contributed by atoms with Crippen LogP contribution < -0.4 is 4.74 Å². The molecular formula is C16H17ClOS. The Bertz CT molecular complexity index is 507. The van der Waals surface area contributed by atoms with Gasteiger partial charge in [0.1, 0.15) is 5.75 Å². The summed E-state index contributed by atoms with van der Waals surface area (Å²) < 4.78 is 5.14. The molecule has 2 aromatic carbocycles. The Labute approximate surface area is 123 Å². The van der Waals surface area contributed by atoms with Crippen LogP contribution in [-0.2, 0) is 0 Å². The van der Waals surface area contributed by atoms with E-state index in [1.165, 1.54) is 10.5 Å². The molecule has 0 saturated carbocycles. The first-order chi connectivity index (χ1) is 9.19. The van der Waals surface area contributed by atoms with Gasteiger partial charge in [0.05, 0.1) is 12.5 Å². The van der Waals surface area contributed by atoms with Gasteiger partial charge in [-0.05, 0) is 36.8 Å². The lowest BCUT2D eigenvalue weighted by molar-refractivity contribution is 0.414. The smallest absolute Gasteiger partial charge is 0.118 e.